The number of hydrogen-bond acceptors (Lipinski definition) is 2. The molecule has 0 saturated heterocycles. The van der Waals surface area contributed by atoms with E-state index in [1.165, 1.54) is 6.07 Å². The lowest BCUT2D eigenvalue weighted by Gasteiger charge is -2.07. The Kier molecular flexibility index (Phi) is 2.08. The second kappa shape index (κ2) is 2.89. The van der Waals surface area contributed by atoms with Crippen LogP contribution >= 0.6 is 0 Å². The van der Waals surface area contributed by atoms with Crippen LogP contribution in [0.15, 0.2) is 12.1 Å². The van der Waals surface area contributed by atoms with E-state index in [4.69, 9.17) is 18.7 Å². The number of benzene rings is 1. The average molecular weight is 161 g/mol. The van der Waals surface area contributed by atoms with Crippen LogP contribution in [0.3, 0.4) is 0 Å². The highest BCUT2D eigenvalue weighted by atomic mass is 16.4. The summed E-state index contributed by atoms with van der Waals surface area (Å²) in [6.45, 7) is 1.63. The van der Waals surface area contributed by atoms with Gasteiger partial charge in [-0.3, -0.25) is 0 Å². The molecular formula is C8H8BNO2. The molecule has 0 spiro atoms. The van der Waals surface area contributed by atoms with Crippen molar-refractivity contribution >= 4 is 25.0 Å². The molecule has 4 heteroatoms. The van der Waals surface area contributed by atoms with Gasteiger partial charge in [-0.05, 0) is 18.6 Å². The van der Waals surface area contributed by atoms with Crippen molar-refractivity contribution in [2.24, 2.45) is 0 Å². The highest BCUT2D eigenvalue weighted by Gasteiger charge is 2.11. The Morgan fingerprint density at radius 2 is 2.17 bits per heavy atom. The maximum absolute atomic E-state index is 10.7. The Hall–Kier alpha value is -1.45. The van der Waals surface area contributed by atoms with Gasteiger partial charge in [0, 0.05) is 5.69 Å². The van der Waals surface area contributed by atoms with Crippen LogP contribution in [0.4, 0.5) is 5.69 Å². The highest BCUT2D eigenvalue weighted by molar-refractivity contribution is 6.34. The van der Waals surface area contributed by atoms with Crippen molar-refractivity contribution < 1.29 is 9.90 Å². The fraction of sp³-hybridized carbons (Fsp3) is 0.125. The number of carboxylic acids is 1. The predicted octanol–water partition coefficient (Wildman–Crippen LogP) is 0.0692. The molecule has 0 atom stereocenters. The molecule has 0 heterocycles. The molecular weight excluding hydrogens is 153 g/mol. The van der Waals surface area contributed by atoms with Gasteiger partial charge in [-0.15, -0.1) is 0 Å². The van der Waals surface area contributed by atoms with Gasteiger partial charge in [0.2, 0.25) is 0 Å². The van der Waals surface area contributed by atoms with Gasteiger partial charge in [0.25, 0.3) is 0 Å². The summed E-state index contributed by atoms with van der Waals surface area (Å²) in [7, 11) is 5.51. The van der Waals surface area contributed by atoms with E-state index < -0.39 is 5.97 Å². The largest absolute Gasteiger partial charge is 0.478 e. The second-order valence-corrected chi connectivity index (χ2v) is 2.55. The molecule has 0 aliphatic carbocycles. The molecule has 12 heavy (non-hydrogen) atoms. The van der Waals surface area contributed by atoms with Crippen LogP contribution in [0.1, 0.15) is 15.9 Å². The van der Waals surface area contributed by atoms with Gasteiger partial charge in [-0.2, -0.15) is 0 Å². The minimum absolute atomic E-state index is 0.0926. The summed E-state index contributed by atoms with van der Waals surface area (Å²) in [4.78, 5) is 10.7. The Bertz CT molecular complexity index is 336. The van der Waals surface area contributed by atoms with E-state index in [1.807, 2.05) is 0 Å². The SMILES string of the molecule is [B]c1ccc(N)c(C(=O)O)c1C. The van der Waals surface area contributed by atoms with E-state index in [-0.39, 0.29) is 11.3 Å². The van der Waals surface area contributed by atoms with Crippen LogP contribution in [0.2, 0.25) is 0 Å². The number of carbonyl (C=O) groups is 1. The van der Waals surface area contributed by atoms with Gasteiger partial charge in [0.15, 0.2) is 0 Å². The third kappa shape index (κ3) is 1.28. The molecule has 1 rings (SSSR count). The fourth-order valence-corrected chi connectivity index (χ4v) is 1.03. The van der Waals surface area contributed by atoms with Crippen LogP contribution in [0, 0.1) is 6.92 Å². The Balaban J connectivity index is 3.43. The molecule has 0 unspecified atom stereocenters. The summed E-state index contributed by atoms with van der Waals surface area (Å²) in [5.74, 6) is -1.04. The van der Waals surface area contributed by atoms with Crippen molar-refractivity contribution in [3.8, 4) is 0 Å². The first kappa shape index (κ1) is 8.65. The van der Waals surface area contributed by atoms with Gasteiger partial charge < -0.3 is 10.8 Å². The Morgan fingerprint density at radius 3 is 2.58 bits per heavy atom. The minimum atomic E-state index is -1.04. The summed E-state index contributed by atoms with van der Waals surface area (Å²) in [5.41, 5.74) is 6.75. The number of carboxylic acid groups (broad SMARTS) is 1. The monoisotopic (exact) mass is 161 g/mol. The van der Waals surface area contributed by atoms with Crippen molar-refractivity contribution in [2.45, 2.75) is 6.92 Å². The zero-order valence-electron chi connectivity index (χ0n) is 6.66. The molecule has 0 amide bonds. The lowest BCUT2D eigenvalue weighted by Crippen LogP contribution is -2.15. The lowest BCUT2D eigenvalue weighted by atomic mass is 9.88. The molecule has 0 fully saturated rings. The molecule has 2 radical (unpaired) electrons. The standard InChI is InChI=1S/C8H8BNO2/c1-4-5(9)2-3-6(10)7(4)8(11)12/h2-3H,10H2,1H3,(H,11,12). The van der Waals surface area contributed by atoms with Gasteiger partial charge in [-0.25, -0.2) is 4.79 Å². The summed E-state index contributed by atoms with van der Waals surface area (Å²) in [6.07, 6.45) is 0. The number of aromatic carboxylic acids is 1. The Morgan fingerprint density at radius 1 is 1.58 bits per heavy atom. The van der Waals surface area contributed by atoms with Crippen LogP contribution in [0.5, 0.6) is 0 Å². The number of rotatable bonds is 1. The van der Waals surface area contributed by atoms with E-state index >= 15 is 0 Å². The van der Waals surface area contributed by atoms with Gasteiger partial charge in [0.05, 0.1) is 5.56 Å². The Labute approximate surface area is 71.6 Å². The van der Waals surface area contributed by atoms with Crippen LogP contribution in [0.25, 0.3) is 0 Å². The molecule has 0 aliphatic heterocycles. The van der Waals surface area contributed by atoms with E-state index in [2.05, 4.69) is 0 Å². The quantitative estimate of drug-likeness (QED) is 0.452. The average Bonchev–Trinajstić information content (AvgIpc) is 1.97. The maximum atomic E-state index is 10.7. The number of hydrogen-bond donors (Lipinski definition) is 2. The second-order valence-electron chi connectivity index (χ2n) is 2.55. The van der Waals surface area contributed by atoms with Crippen LogP contribution < -0.4 is 11.2 Å². The number of nitrogens with two attached hydrogens (primary N) is 1. The summed E-state index contributed by atoms with van der Waals surface area (Å²) < 4.78 is 0. The fourth-order valence-electron chi connectivity index (χ4n) is 1.03. The zero-order chi connectivity index (χ0) is 9.30. The summed E-state index contributed by atoms with van der Waals surface area (Å²) >= 11 is 0. The van der Waals surface area contributed by atoms with E-state index in [9.17, 15) is 4.79 Å². The molecule has 1 aromatic rings. The first-order valence-electron chi connectivity index (χ1n) is 3.42. The first-order valence-corrected chi connectivity index (χ1v) is 3.42. The zero-order valence-corrected chi connectivity index (χ0v) is 6.66. The number of anilines is 1. The molecule has 0 aliphatic rings. The topological polar surface area (TPSA) is 63.3 Å². The van der Waals surface area contributed by atoms with Crippen molar-refractivity contribution in [1.82, 2.24) is 0 Å². The highest BCUT2D eigenvalue weighted by Crippen LogP contribution is 2.13. The van der Waals surface area contributed by atoms with Crippen molar-refractivity contribution in [2.75, 3.05) is 5.73 Å². The summed E-state index contributed by atoms with van der Waals surface area (Å²) in [5, 5.41) is 8.74. The van der Waals surface area contributed by atoms with Crippen LogP contribution in [-0.2, 0) is 0 Å². The normalized spacial score (nSPS) is 9.75. The van der Waals surface area contributed by atoms with Crippen molar-refractivity contribution in [1.29, 1.82) is 0 Å². The van der Waals surface area contributed by atoms with Crippen molar-refractivity contribution in [3.05, 3.63) is 23.3 Å². The number of nitrogen functional groups attached to an aromatic ring is 1. The van der Waals surface area contributed by atoms with Gasteiger partial charge in [0.1, 0.15) is 7.85 Å². The molecule has 60 valence electrons. The summed E-state index contributed by atoms with van der Waals surface area (Å²) in [6, 6.07) is 3.09. The molecule has 1 aromatic carbocycles. The van der Waals surface area contributed by atoms with Crippen molar-refractivity contribution in [3.63, 3.8) is 0 Å². The smallest absolute Gasteiger partial charge is 0.338 e. The van der Waals surface area contributed by atoms with Gasteiger partial charge >= 0.3 is 5.97 Å². The molecule has 0 saturated carbocycles. The predicted molar refractivity (Wildman–Crippen MR) is 47.9 cm³/mol. The van der Waals surface area contributed by atoms with Crippen LogP contribution in [-0.4, -0.2) is 18.9 Å². The molecule has 3 nitrogen and oxygen atoms in total. The lowest BCUT2D eigenvalue weighted by molar-refractivity contribution is 0.0697. The van der Waals surface area contributed by atoms with E-state index in [1.54, 1.807) is 13.0 Å². The maximum Gasteiger partial charge on any atom is 0.338 e. The van der Waals surface area contributed by atoms with E-state index in [0.717, 1.165) is 0 Å². The molecule has 3 N–H and O–H groups in total. The first-order chi connectivity index (χ1) is 5.54. The third-order valence-electron chi connectivity index (χ3n) is 1.75. The minimum Gasteiger partial charge on any atom is -0.478 e. The van der Waals surface area contributed by atoms with Gasteiger partial charge in [-0.1, -0.05) is 11.5 Å². The molecule has 0 bridgehead atoms. The third-order valence-corrected chi connectivity index (χ3v) is 1.75. The van der Waals surface area contributed by atoms with E-state index in [0.29, 0.717) is 11.0 Å². The molecule has 0 aromatic heterocycles.